The Morgan fingerprint density at radius 1 is 1.18 bits per heavy atom. The molecule has 3 aromatic rings. The molecule has 0 unspecified atom stereocenters. The van der Waals surface area contributed by atoms with Gasteiger partial charge in [-0.05, 0) is 24.8 Å². The number of rotatable bonds is 3. The van der Waals surface area contributed by atoms with E-state index in [1.807, 2.05) is 19.4 Å². The van der Waals surface area contributed by atoms with Gasteiger partial charge in [-0.3, -0.25) is 0 Å². The van der Waals surface area contributed by atoms with Crippen molar-refractivity contribution in [3.63, 3.8) is 0 Å². The molecular formula is C18H22N4. The largest absolute Gasteiger partial charge is 0.371 e. The Morgan fingerprint density at radius 3 is 2.82 bits per heavy atom. The van der Waals surface area contributed by atoms with E-state index in [2.05, 4.69) is 33.1 Å². The standard InChI is InChI=1S/C18H22N4/c1-19-18-16-17(14-9-5-6-10-15(14)21-18)22(12-20-16)11-13-7-3-2-4-8-13/h5-6,9-10,12-13H,2-4,7-8,11H2,1H3,(H,19,21). The van der Waals surface area contributed by atoms with Gasteiger partial charge in [0.2, 0.25) is 0 Å². The number of hydrogen-bond acceptors (Lipinski definition) is 3. The number of nitrogens with zero attached hydrogens (tertiary/aromatic N) is 3. The van der Waals surface area contributed by atoms with Crippen LogP contribution < -0.4 is 5.32 Å². The average Bonchev–Trinajstić information content (AvgIpc) is 2.99. The molecule has 22 heavy (non-hydrogen) atoms. The SMILES string of the molecule is CNc1nc2ccccc2c2c1ncn2CC1CCCCC1. The van der Waals surface area contributed by atoms with Gasteiger partial charge < -0.3 is 9.88 Å². The number of benzene rings is 1. The van der Waals surface area contributed by atoms with Gasteiger partial charge in [0.15, 0.2) is 5.82 Å². The summed E-state index contributed by atoms with van der Waals surface area (Å²) >= 11 is 0. The first-order valence-corrected chi connectivity index (χ1v) is 8.28. The Kier molecular flexibility index (Phi) is 3.45. The Balaban J connectivity index is 1.86. The Labute approximate surface area is 130 Å². The lowest BCUT2D eigenvalue weighted by atomic mass is 9.89. The first-order valence-electron chi connectivity index (χ1n) is 8.28. The Hall–Kier alpha value is -2.10. The molecule has 1 fully saturated rings. The number of aromatic nitrogens is 3. The van der Waals surface area contributed by atoms with E-state index >= 15 is 0 Å². The normalized spacial score (nSPS) is 16.4. The molecule has 1 aromatic carbocycles. The summed E-state index contributed by atoms with van der Waals surface area (Å²) in [5, 5.41) is 4.39. The van der Waals surface area contributed by atoms with Gasteiger partial charge in [0.05, 0.1) is 17.4 Å². The summed E-state index contributed by atoms with van der Waals surface area (Å²) in [6.07, 6.45) is 8.85. The van der Waals surface area contributed by atoms with Crippen LogP contribution in [0.1, 0.15) is 32.1 Å². The zero-order valence-corrected chi connectivity index (χ0v) is 13.0. The second-order valence-corrected chi connectivity index (χ2v) is 6.33. The summed E-state index contributed by atoms with van der Waals surface area (Å²) in [7, 11) is 1.91. The van der Waals surface area contributed by atoms with Gasteiger partial charge >= 0.3 is 0 Å². The maximum Gasteiger partial charge on any atom is 0.154 e. The fourth-order valence-corrected chi connectivity index (χ4v) is 3.74. The summed E-state index contributed by atoms with van der Waals surface area (Å²) in [6.45, 7) is 1.08. The number of imidazole rings is 1. The van der Waals surface area contributed by atoms with Gasteiger partial charge in [-0.1, -0.05) is 37.5 Å². The summed E-state index contributed by atoms with van der Waals surface area (Å²) in [5.41, 5.74) is 3.24. The van der Waals surface area contributed by atoms with Crippen molar-refractivity contribution in [2.75, 3.05) is 12.4 Å². The fraction of sp³-hybridized carbons (Fsp3) is 0.444. The molecule has 1 saturated carbocycles. The molecule has 0 amide bonds. The van der Waals surface area contributed by atoms with Crippen molar-refractivity contribution < 1.29 is 0 Å². The van der Waals surface area contributed by atoms with Crippen molar-refractivity contribution in [1.82, 2.24) is 14.5 Å². The minimum Gasteiger partial charge on any atom is -0.371 e. The molecule has 2 heterocycles. The quantitative estimate of drug-likeness (QED) is 0.787. The predicted octanol–water partition coefficient (Wildman–Crippen LogP) is 4.21. The van der Waals surface area contributed by atoms with Gasteiger partial charge in [0.25, 0.3) is 0 Å². The van der Waals surface area contributed by atoms with Crippen LogP contribution in [0.4, 0.5) is 5.82 Å². The number of anilines is 1. The zero-order valence-electron chi connectivity index (χ0n) is 13.0. The average molecular weight is 294 g/mol. The van der Waals surface area contributed by atoms with Gasteiger partial charge in [0, 0.05) is 19.0 Å². The van der Waals surface area contributed by atoms with Crippen LogP contribution in [-0.2, 0) is 6.54 Å². The molecule has 1 N–H and O–H groups in total. The third kappa shape index (κ3) is 2.23. The first kappa shape index (κ1) is 13.6. The number of pyridine rings is 1. The molecule has 0 radical (unpaired) electrons. The van der Waals surface area contributed by atoms with E-state index in [1.54, 1.807) is 0 Å². The highest BCUT2D eigenvalue weighted by atomic mass is 15.1. The van der Waals surface area contributed by atoms with Crippen LogP contribution >= 0.6 is 0 Å². The molecule has 0 bridgehead atoms. The molecule has 1 aliphatic rings. The van der Waals surface area contributed by atoms with Crippen LogP contribution in [0.15, 0.2) is 30.6 Å². The van der Waals surface area contributed by atoms with Crippen molar-refractivity contribution in [1.29, 1.82) is 0 Å². The highest BCUT2D eigenvalue weighted by Gasteiger charge is 2.18. The van der Waals surface area contributed by atoms with Crippen LogP contribution in [0.2, 0.25) is 0 Å². The van der Waals surface area contributed by atoms with Crippen LogP contribution in [-0.4, -0.2) is 21.6 Å². The second kappa shape index (κ2) is 5.59. The summed E-state index contributed by atoms with van der Waals surface area (Å²) in [4.78, 5) is 9.34. The zero-order chi connectivity index (χ0) is 14.9. The molecular weight excluding hydrogens is 272 g/mol. The molecule has 2 aromatic heterocycles. The lowest BCUT2D eigenvalue weighted by Gasteiger charge is -2.22. The van der Waals surface area contributed by atoms with E-state index in [9.17, 15) is 0 Å². The first-order chi connectivity index (χ1) is 10.9. The maximum atomic E-state index is 4.70. The minimum atomic E-state index is 0.788. The smallest absolute Gasteiger partial charge is 0.154 e. The molecule has 114 valence electrons. The third-order valence-corrected chi connectivity index (χ3v) is 4.87. The molecule has 4 rings (SSSR count). The van der Waals surface area contributed by atoms with Crippen molar-refractivity contribution in [3.05, 3.63) is 30.6 Å². The van der Waals surface area contributed by atoms with E-state index in [0.29, 0.717) is 0 Å². The van der Waals surface area contributed by atoms with Gasteiger partial charge in [-0.2, -0.15) is 0 Å². The number of fused-ring (bicyclic) bond motifs is 3. The highest BCUT2D eigenvalue weighted by molar-refractivity contribution is 6.06. The van der Waals surface area contributed by atoms with E-state index in [1.165, 1.54) is 43.0 Å². The van der Waals surface area contributed by atoms with Crippen LogP contribution in [0.25, 0.3) is 21.9 Å². The molecule has 0 saturated heterocycles. The van der Waals surface area contributed by atoms with E-state index in [4.69, 9.17) is 4.98 Å². The molecule has 4 nitrogen and oxygen atoms in total. The van der Waals surface area contributed by atoms with E-state index in [0.717, 1.165) is 29.3 Å². The van der Waals surface area contributed by atoms with Crippen LogP contribution in [0.3, 0.4) is 0 Å². The van der Waals surface area contributed by atoms with E-state index in [-0.39, 0.29) is 0 Å². The second-order valence-electron chi connectivity index (χ2n) is 6.33. The molecule has 1 aliphatic carbocycles. The van der Waals surface area contributed by atoms with Crippen molar-refractivity contribution in [3.8, 4) is 0 Å². The minimum absolute atomic E-state index is 0.788. The molecule has 4 heteroatoms. The van der Waals surface area contributed by atoms with E-state index < -0.39 is 0 Å². The third-order valence-electron chi connectivity index (χ3n) is 4.87. The number of hydrogen-bond donors (Lipinski definition) is 1. The van der Waals surface area contributed by atoms with Gasteiger partial charge in [-0.25, -0.2) is 9.97 Å². The number of nitrogens with one attached hydrogen (secondary N) is 1. The lowest BCUT2D eigenvalue weighted by Crippen LogP contribution is -2.13. The summed E-state index contributed by atoms with van der Waals surface area (Å²) < 4.78 is 2.34. The predicted molar refractivity (Wildman–Crippen MR) is 91.2 cm³/mol. The fourth-order valence-electron chi connectivity index (χ4n) is 3.74. The molecule has 0 spiro atoms. The Bertz CT molecular complexity index is 799. The van der Waals surface area contributed by atoms with Crippen LogP contribution in [0, 0.1) is 5.92 Å². The topological polar surface area (TPSA) is 42.7 Å². The van der Waals surface area contributed by atoms with Gasteiger partial charge in [-0.15, -0.1) is 0 Å². The van der Waals surface area contributed by atoms with Gasteiger partial charge in [0.1, 0.15) is 5.52 Å². The molecule has 0 atom stereocenters. The van der Waals surface area contributed by atoms with Crippen molar-refractivity contribution in [2.45, 2.75) is 38.6 Å². The highest BCUT2D eigenvalue weighted by Crippen LogP contribution is 2.31. The monoisotopic (exact) mass is 294 g/mol. The Morgan fingerprint density at radius 2 is 2.00 bits per heavy atom. The molecule has 0 aliphatic heterocycles. The van der Waals surface area contributed by atoms with Crippen molar-refractivity contribution in [2.24, 2.45) is 5.92 Å². The summed E-state index contributed by atoms with van der Waals surface area (Å²) in [6, 6.07) is 8.36. The number of para-hydroxylation sites is 1. The lowest BCUT2D eigenvalue weighted by molar-refractivity contribution is 0.322. The van der Waals surface area contributed by atoms with Crippen LogP contribution in [0.5, 0.6) is 0 Å². The summed E-state index contributed by atoms with van der Waals surface area (Å²) in [5.74, 6) is 1.66. The maximum absolute atomic E-state index is 4.70. The van der Waals surface area contributed by atoms with Crippen molar-refractivity contribution >= 4 is 27.8 Å².